The number of allylic oxidation sites excluding steroid dienone is 1. The number of aliphatic hydroxyl groups excluding tert-OH is 2. The topological polar surface area (TPSA) is 40.5 Å². The SMILES string of the molecule is C=C(C)[C@@H]1CC[C@]2(C)CC[C@]3(C)[C@H](CC[C@@H]4[C@@]5(C)[C@H](O)C[C@@H](O)C(C)(C)[C@@H]5CC[C@]43C)[C@@H]12. The van der Waals surface area contributed by atoms with Gasteiger partial charge < -0.3 is 10.2 Å². The van der Waals surface area contributed by atoms with Crippen LogP contribution in [0, 0.1) is 56.7 Å². The zero-order chi connectivity index (χ0) is 23.5. The van der Waals surface area contributed by atoms with Crippen molar-refractivity contribution in [1.82, 2.24) is 0 Å². The van der Waals surface area contributed by atoms with Gasteiger partial charge in [0.1, 0.15) is 0 Å². The summed E-state index contributed by atoms with van der Waals surface area (Å²) >= 11 is 0. The van der Waals surface area contributed by atoms with Crippen LogP contribution in [0.3, 0.4) is 0 Å². The highest BCUT2D eigenvalue weighted by molar-refractivity contribution is 5.22. The minimum absolute atomic E-state index is 0.0894. The highest BCUT2D eigenvalue weighted by atomic mass is 16.3. The lowest BCUT2D eigenvalue weighted by Gasteiger charge is -2.73. The van der Waals surface area contributed by atoms with Crippen molar-refractivity contribution in [1.29, 1.82) is 0 Å². The lowest BCUT2D eigenvalue weighted by molar-refractivity contribution is -0.273. The van der Waals surface area contributed by atoms with E-state index < -0.39 is 6.10 Å². The lowest BCUT2D eigenvalue weighted by Crippen LogP contribution is -2.69. The van der Waals surface area contributed by atoms with Gasteiger partial charge in [0, 0.05) is 11.8 Å². The quantitative estimate of drug-likeness (QED) is 0.429. The first-order valence-electron chi connectivity index (χ1n) is 13.7. The Kier molecular flexibility index (Phi) is 5.02. The van der Waals surface area contributed by atoms with Gasteiger partial charge in [-0.1, -0.05) is 53.7 Å². The molecule has 0 radical (unpaired) electrons. The molecule has 0 amide bonds. The molecule has 0 aromatic heterocycles. The van der Waals surface area contributed by atoms with E-state index in [1.165, 1.54) is 50.5 Å². The van der Waals surface area contributed by atoms with E-state index in [9.17, 15) is 10.2 Å². The molecule has 5 aliphatic rings. The summed E-state index contributed by atoms with van der Waals surface area (Å²) in [6.45, 7) is 21.6. The van der Waals surface area contributed by atoms with Crippen LogP contribution in [0.2, 0.25) is 0 Å². The van der Waals surface area contributed by atoms with Crippen LogP contribution in [0.4, 0.5) is 0 Å². The van der Waals surface area contributed by atoms with Crippen LogP contribution in [0.25, 0.3) is 0 Å². The van der Waals surface area contributed by atoms with Gasteiger partial charge >= 0.3 is 0 Å². The first kappa shape index (κ1) is 23.4. The molecule has 182 valence electrons. The van der Waals surface area contributed by atoms with Crippen LogP contribution in [-0.2, 0) is 0 Å². The molecule has 11 atom stereocenters. The highest BCUT2D eigenvalue weighted by Crippen LogP contribution is 2.77. The van der Waals surface area contributed by atoms with Crippen molar-refractivity contribution in [2.45, 2.75) is 118 Å². The van der Waals surface area contributed by atoms with E-state index in [0.29, 0.717) is 35.0 Å². The maximum absolute atomic E-state index is 11.5. The third-order valence-electron chi connectivity index (χ3n) is 13.6. The number of hydrogen-bond acceptors (Lipinski definition) is 2. The predicted molar refractivity (Wildman–Crippen MR) is 132 cm³/mol. The molecule has 2 N–H and O–H groups in total. The number of rotatable bonds is 1. The Hall–Kier alpha value is -0.340. The van der Waals surface area contributed by atoms with Crippen molar-refractivity contribution in [3.8, 4) is 0 Å². The second kappa shape index (κ2) is 6.87. The summed E-state index contributed by atoms with van der Waals surface area (Å²) < 4.78 is 0. The Morgan fingerprint density at radius 3 is 2.09 bits per heavy atom. The van der Waals surface area contributed by atoms with Gasteiger partial charge in [0.25, 0.3) is 0 Å². The zero-order valence-corrected chi connectivity index (χ0v) is 22.0. The monoisotopic (exact) mass is 442 g/mol. The molecule has 0 spiro atoms. The summed E-state index contributed by atoms with van der Waals surface area (Å²) in [5.41, 5.74) is 2.32. The van der Waals surface area contributed by atoms with Crippen molar-refractivity contribution in [3.63, 3.8) is 0 Å². The lowest BCUT2D eigenvalue weighted by atomic mass is 9.32. The average Bonchev–Trinajstić information content (AvgIpc) is 3.05. The van der Waals surface area contributed by atoms with Crippen LogP contribution in [0.15, 0.2) is 12.2 Å². The molecule has 0 bridgehead atoms. The molecule has 5 saturated carbocycles. The molecule has 5 rings (SSSR count). The molecule has 0 aromatic rings. The van der Waals surface area contributed by atoms with Crippen molar-refractivity contribution in [2.75, 3.05) is 0 Å². The van der Waals surface area contributed by atoms with E-state index in [1.807, 2.05) is 0 Å². The molecular formula is C30H50O2. The first-order chi connectivity index (χ1) is 14.7. The molecule has 0 aliphatic heterocycles. The van der Waals surface area contributed by atoms with Gasteiger partial charge in [-0.05, 0) is 110 Å². The summed E-state index contributed by atoms with van der Waals surface area (Å²) in [4.78, 5) is 0. The fourth-order valence-electron chi connectivity index (χ4n) is 11.4. The van der Waals surface area contributed by atoms with Gasteiger partial charge in [-0.2, -0.15) is 0 Å². The summed E-state index contributed by atoms with van der Waals surface area (Å²) in [5, 5.41) is 22.4. The summed E-state index contributed by atoms with van der Waals surface area (Å²) in [6, 6.07) is 0. The fourth-order valence-corrected chi connectivity index (χ4v) is 11.4. The Bertz CT molecular complexity index is 801. The summed E-state index contributed by atoms with van der Waals surface area (Å²) in [7, 11) is 0. The number of fused-ring (bicyclic) bond motifs is 7. The first-order valence-corrected chi connectivity index (χ1v) is 13.7. The molecule has 0 saturated heterocycles. The van der Waals surface area contributed by atoms with E-state index in [2.05, 4.69) is 55.0 Å². The van der Waals surface area contributed by atoms with Gasteiger partial charge in [-0.15, -0.1) is 0 Å². The Morgan fingerprint density at radius 2 is 1.44 bits per heavy atom. The van der Waals surface area contributed by atoms with Crippen molar-refractivity contribution in [3.05, 3.63) is 12.2 Å². The largest absolute Gasteiger partial charge is 0.392 e. The van der Waals surface area contributed by atoms with Crippen molar-refractivity contribution in [2.24, 2.45) is 56.7 Å². The molecule has 32 heavy (non-hydrogen) atoms. The van der Waals surface area contributed by atoms with Crippen LogP contribution >= 0.6 is 0 Å². The number of aliphatic hydroxyl groups is 2. The summed E-state index contributed by atoms with van der Waals surface area (Å²) in [5.74, 6) is 3.22. The van der Waals surface area contributed by atoms with Gasteiger partial charge in [0.2, 0.25) is 0 Å². The second-order valence-electron chi connectivity index (χ2n) is 14.8. The maximum atomic E-state index is 11.5. The minimum Gasteiger partial charge on any atom is -0.392 e. The zero-order valence-electron chi connectivity index (χ0n) is 22.0. The maximum Gasteiger partial charge on any atom is 0.0624 e. The predicted octanol–water partition coefficient (Wildman–Crippen LogP) is 7.00. The van der Waals surface area contributed by atoms with Crippen LogP contribution in [0.5, 0.6) is 0 Å². The molecule has 5 aliphatic carbocycles. The Balaban J connectivity index is 1.57. The normalized spacial score (nSPS) is 58.8. The second-order valence-corrected chi connectivity index (χ2v) is 14.8. The highest BCUT2D eigenvalue weighted by Gasteiger charge is 2.71. The van der Waals surface area contributed by atoms with Gasteiger partial charge in [0.15, 0.2) is 0 Å². The smallest absolute Gasteiger partial charge is 0.0624 e. The molecule has 0 aromatic carbocycles. The minimum atomic E-state index is -0.392. The van der Waals surface area contributed by atoms with E-state index in [-0.39, 0.29) is 22.3 Å². The van der Waals surface area contributed by atoms with Gasteiger partial charge in [-0.25, -0.2) is 0 Å². The van der Waals surface area contributed by atoms with Crippen LogP contribution in [0.1, 0.15) is 106 Å². The fraction of sp³-hybridized carbons (Fsp3) is 0.933. The average molecular weight is 443 g/mol. The molecule has 0 heterocycles. The van der Waals surface area contributed by atoms with Crippen molar-refractivity contribution >= 4 is 0 Å². The molecule has 5 fully saturated rings. The van der Waals surface area contributed by atoms with E-state index in [0.717, 1.165) is 18.3 Å². The Morgan fingerprint density at radius 1 is 0.750 bits per heavy atom. The van der Waals surface area contributed by atoms with Gasteiger partial charge in [0.05, 0.1) is 12.2 Å². The van der Waals surface area contributed by atoms with E-state index in [4.69, 9.17) is 0 Å². The molecule has 2 heteroatoms. The van der Waals surface area contributed by atoms with Crippen LogP contribution < -0.4 is 0 Å². The standard InChI is InChI=1S/C30H50O2/c1-18(2)19-11-13-27(5)15-16-28(6)20(25(19)27)9-10-22-29(28,7)14-12-21-26(3,4)23(31)17-24(32)30(21,22)8/h19-25,31-32H,1,9-17H2,2-8H3/t19-,20+,21-,22-,23+,24+,25+,27+,28+,29+,30-/m0/s1. The van der Waals surface area contributed by atoms with E-state index >= 15 is 0 Å². The third kappa shape index (κ3) is 2.61. The van der Waals surface area contributed by atoms with Crippen molar-refractivity contribution < 1.29 is 10.2 Å². The molecule has 0 unspecified atom stereocenters. The van der Waals surface area contributed by atoms with Crippen LogP contribution in [-0.4, -0.2) is 22.4 Å². The van der Waals surface area contributed by atoms with Gasteiger partial charge in [-0.3, -0.25) is 0 Å². The molecule has 2 nitrogen and oxygen atoms in total. The van der Waals surface area contributed by atoms with E-state index in [1.54, 1.807) is 0 Å². The summed E-state index contributed by atoms with van der Waals surface area (Å²) in [6.07, 6.45) is 10.2. The molecular weight excluding hydrogens is 392 g/mol. The third-order valence-corrected chi connectivity index (χ3v) is 13.6. The Labute approximate surface area is 197 Å². The number of hydrogen-bond donors (Lipinski definition) is 2.